The number of aromatic carboxylic acids is 1. The summed E-state index contributed by atoms with van der Waals surface area (Å²) in [7, 11) is 0. The van der Waals surface area contributed by atoms with Crippen molar-refractivity contribution in [3.05, 3.63) is 52.4 Å². The molecule has 0 radical (unpaired) electrons. The molecule has 1 aromatic carbocycles. The molecule has 6 nitrogen and oxygen atoms in total. The molecular formula is C17H19BrN4O2. The molecule has 0 bridgehead atoms. The second-order valence-electron chi connectivity index (χ2n) is 5.82. The molecule has 1 atom stereocenters. The average Bonchev–Trinajstić information content (AvgIpc) is 2.62. The fraction of sp³-hybridized carbons (Fsp3) is 0.353. The van der Waals surface area contributed by atoms with Gasteiger partial charge in [-0.15, -0.1) is 0 Å². The van der Waals surface area contributed by atoms with Gasteiger partial charge in [0.2, 0.25) is 0 Å². The summed E-state index contributed by atoms with van der Waals surface area (Å²) in [6, 6.07) is 8.71. The van der Waals surface area contributed by atoms with E-state index in [2.05, 4.69) is 62.0 Å². The van der Waals surface area contributed by atoms with Gasteiger partial charge in [-0.25, -0.2) is 14.8 Å². The Morgan fingerprint density at radius 3 is 2.50 bits per heavy atom. The van der Waals surface area contributed by atoms with E-state index in [9.17, 15) is 9.90 Å². The van der Waals surface area contributed by atoms with Crippen molar-refractivity contribution in [3.63, 3.8) is 0 Å². The van der Waals surface area contributed by atoms with Crippen LogP contribution in [-0.2, 0) is 0 Å². The minimum atomic E-state index is -0.990. The maximum atomic E-state index is 11.3. The van der Waals surface area contributed by atoms with Crippen LogP contribution in [0.15, 0.2) is 41.3 Å². The number of carbonyl (C=O) groups is 1. The van der Waals surface area contributed by atoms with Crippen LogP contribution in [-0.4, -0.2) is 52.1 Å². The second-order valence-corrected chi connectivity index (χ2v) is 6.73. The number of nitrogens with zero attached hydrogens (tertiary/aromatic N) is 4. The minimum absolute atomic E-state index is 0.159. The van der Waals surface area contributed by atoms with Crippen molar-refractivity contribution in [1.82, 2.24) is 14.9 Å². The molecule has 0 aliphatic carbocycles. The van der Waals surface area contributed by atoms with Gasteiger partial charge < -0.3 is 10.0 Å². The van der Waals surface area contributed by atoms with E-state index < -0.39 is 5.97 Å². The van der Waals surface area contributed by atoms with Crippen molar-refractivity contribution in [1.29, 1.82) is 0 Å². The zero-order chi connectivity index (χ0) is 17.1. The molecule has 0 saturated carbocycles. The van der Waals surface area contributed by atoms with E-state index >= 15 is 0 Å². The zero-order valence-corrected chi connectivity index (χ0v) is 15.0. The zero-order valence-electron chi connectivity index (χ0n) is 13.4. The summed E-state index contributed by atoms with van der Waals surface area (Å²) < 4.78 is 1.08. The van der Waals surface area contributed by atoms with Crippen molar-refractivity contribution in [3.8, 4) is 0 Å². The van der Waals surface area contributed by atoms with Crippen LogP contribution in [0.3, 0.4) is 0 Å². The van der Waals surface area contributed by atoms with Gasteiger partial charge in [0.05, 0.1) is 0 Å². The molecule has 1 aliphatic heterocycles. The first-order valence-corrected chi connectivity index (χ1v) is 8.63. The second kappa shape index (κ2) is 7.27. The molecule has 1 N–H and O–H groups in total. The minimum Gasteiger partial charge on any atom is -0.477 e. The highest BCUT2D eigenvalue weighted by molar-refractivity contribution is 9.10. The van der Waals surface area contributed by atoms with E-state index in [4.69, 9.17) is 0 Å². The number of hydrogen-bond acceptors (Lipinski definition) is 5. The smallest absolute Gasteiger partial charge is 0.341 e. The lowest BCUT2D eigenvalue weighted by Crippen LogP contribution is -2.47. The number of aromatic nitrogens is 2. The van der Waals surface area contributed by atoms with E-state index in [0.29, 0.717) is 11.9 Å². The average molecular weight is 391 g/mol. The van der Waals surface area contributed by atoms with Crippen molar-refractivity contribution in [2.45, 2.75) is 13.0 Å². The number of carboxylic acids is 1. The highest BCUT2D eigenvalue weighted by atomic mass is 79.9. The molecule has 24 heavy (non-hydrogen) atoms. The van der Waals surface area contributed by atoms with Crippen LogP contribution in [0.25, 0.3) is 0 Å². The summed E-state index contributed by atoms with van der Waals surface area (Å²) in [5, 5.41) is 9.29. The third-order valence-corrected chi connectivity index (χ3v) is 4.96. The van der Waals surface area contributed by atoms with Gasteiger partial charge >= 0.3 is 5.97 Å². The van der Waals surface area contributed by atoms with E-state index in [1.165, 1.54) is 18.1 Å². The molecule has 1 aliphatic rings. The van der Waals surface area contributed by atoms with E-state index in [-0.39, 0.29) is 5.56 Å². The highest BCUT2D eigenvalue weighted by Gasteiger charge is 2.25. The Labute approximate surface area is 149 Å². The van der Waals surface area contributed by atoms with E-state index in [1.807, 2.05) is 4.90 Å². The molecule has 7 heteroatoms. The van der Waals surface area contributed by atoms with Crippen molar-refractivity contribution in [2.75, 3.05) is 31.1 Å². The topological polar surface area (TPSA) is 69.6 Å². The largest absolute Gasteiger partial charge is 0.477 e. The van der Waals surface area contributed by atoms with Gasteiger partial charge in [-0.05, 0) is 24.6 Å². The van der Waals surface area contributed by atoms with Crippen LogP contribution in [0.4, 0.5) is 5.82 Å². The van der Waals surface area contributed by atoms with E-state index in [1.54, 1.807) is 0 Å². The maximum absolute atomic E-state index is 11.3. The SMILES string of the molecule is CC(c1ccc(Br)cc1)N1CCN(c2ncncc2C(=O)O)CC1. The fourth-order valence-electron chi connectivity index (χ4n) is 3.00. The van der Waals surface area contributed by atoms with Gasteiger partial charge in [-0.1, -0.05) is 28.1 Å². The summed E-state index contributed by atoms with van der Waals surface area (Å²) >= 11 is 3.46. The monoisotopic (exact) mass is 390 g/mol. The van der Waals surface area contributed by atoms with Gasteiger partial charge in [0, 0.05) is 42.9 Å². The predicted molar refractivity (Wildman–Crippen MR) is 95.3 cm³/mol. The third-order valence-electron chi connectivity index (χ3n) is 4.44. The summed E-state index contributed by atoms with van der Waals surface area (Å²) in [5.41, 5.74) is 1.44. The Bertz CT molecular complexity index is 715. The summed E-state index contributed by atoms with van der Waals surface area (Å²) in [6.07, 6.45) is 2.76. The van der Waals surface area contributed by atoms with Crippen LogP contribution in [0.2, 0.25) is 0 Å². The van der Waals surface area contributed by atoms with Crippen molar-refractivity contribution < 1.29 is 9.90 Å². The Hall–Kier alpha value is -1.99. The quantitative estimate of drug-likeness (QED) is 0.865. The third kappa shape index (κ3) is 3.57. The van der Waals surface area contributed by atoms with Crippen LogP contribution in [0, 0.1) is 0 Å². The first-order chi connectivity index (χ1) is 11.6. The Balaban J connectivity index is 1.68. The molecule has 1 saturated heterocycles. The molecule has 2 heterocycles. The number of hydrogen-bond donors (Lipinski definition) is 1. The van der Waals surface area contributed by atoms with Crippen LogP contribution in [0.5, 0.6) is 0 Å². The molecule has 1 unspecified atom stereocenters. The Kier molecular flexibility index (Phi) is 5.11. The lowest BCUT2D eigenvalue weighted by molar-refractivity contribution is 0.0696. The number of piperazine rings is 1. The normalized spacial score (nSPS) is 16.8. The van der Waals surface area contributed by atoms with Crippen molar-refractivity contribution in [2.24, 2.45) is 0 Å². The lowest BCUT2D eigenvalue weighted by atomic mass is 10.1. The summed E-state index contributed by atoms with van der Waals surface area (Å²) in [4.78, 5) is 23.7. The Morgan fingerprint density at radius 1 is 1.21 bits per heavy atom. The van der Waals surface area contributed by atoms with Gasteiger partial charge in [0.15, 0.2) is 0 Å². The number of rotatable bonds is 4. The molecular weight excluding hydrogens is 372 g/mol. The van der Waals surface area contributed by atoms with Gasteiger partial charge in [0.1, 0.15) is 17.7 Å². The van der Waals surface area contributed by atoms with Crippen LogP contribution >= 0.6 is 15.9 Å². The number of anilines is 1. The maximum Gasteiger partial charge on any atom is 0.341 e. The molecule has 126 valence electrons. The number of halogens is 1. The van der Waals surface area contributed by atoms with Crippen LogP contribution in [0.1, 0.15) is 28.9 Å². The predicted octanol–water partition coefficient (Wildman–Crippen LogP) is 2.82. The molecule has 0 amide bonds. The lowest BCUT2D eigenvalue weighted by Gasteiger charge is -2.39. The van der Waals surface area contributed by atoms with Gasteiger partial charge in [-0.2, -0.15) is 0 Å². The molecule has 0 spiro atoms. The fourth-order valence-corrected chi connectivity index (χ4v) is 3.26. The molecule has 1 aromatic heterocycles. The summed E-state index contributed by atoms with van der Waals surface area (Å²) in [5.74, 6) is -0.482. The molecule has 3 rings (SSSR count). The number of benzene rings is 1. The summed E-state index contributed by atoms with van der Waals surface area (Å²) in [6.45, 7) is 5.42. The first kappa shape index (κ1) is 16.9. The molecule has 2 aromatic rings. The standard InChI is InChI=1S/C17H19BrN4O2/c1-12(13-2-4-14(18)5-3-13)21-6-8-22(9-7-21)16-15(17(23)24)10-19-11-20-16/h2-5,10-12H,6-9H2,1H3,(H,23,24). The first-order valence-electron chi connectivity index (χ1n) is 7.84. The number of carboxylic acid groups (broad SMARTS) is 1. The van der Waals surface area contributed by atoms with Gasteiger partial charge in [0.25, 0.3) is 0 Å². The van der Waals surface area contributed by atoms with Crippen LogP contribution < -0.4 is 4.90 Å². The highest BCUT2D eigenvalue weighted by Crippen LogP contribution is 2.25. The van der Waals surface area contributed by atoms with Crippen molar-refractivity contribution >= 4 is 27.7 Å². The van der Waals surface area contributed by atoms with Gasteiger partial charge in [-0.3, -0.25) is 4.90 Å². The molecule has 1 fully saturated rings. The van der Waals surface area contributed by atoms with E-state index in [0.717, 1.165) is 30.7 Å². The Morgan fingerprint density at radius 2 is 1.88 bits per heavy atom.